The lowest BCUT2D eigenvalue weighted by molar-refractivity contribution is 1.22. The van der Waals surface area contributed by atoms with Crippen LogP contribution in [-0.2, 0) is 0 Å². The smallest absolute Gasteiger partial charge is 0.0998 e. The van der Waals surface area contributed by atoms with Crippen LogP contribution in [-0.4, -0.2) is 4.98 Å². The third-order valence-electron chi connectivity index (χ3n) is 2.02. The number of aryl methyl sites for hydroxylation is 1. The average molecular weight is 168 g/mol. The third-order valence-corrected chi connectivity index (χ3v) is 2.02. The van der Waals surface area contributed by atoms with Gasteiger partial charge in [0, 0.05) is 22.7 Å². The van der Waals surface area contributed by atoms with Crippen LogP contribution >= 0.6 is 0 Å². The van der Waals surface area contributed by atoms with Crippen LogP contribution in [0.25, 0.3) is 10.8 Å². The van der Waals surface area contributed by atoms with E-state index >= 15 is 0 Å². The fraction of sp³-hybridized carbons (Fsp3) is 0.0909. The summed E-state index contributed by atoms with van der Waals surface area (Å²) in [6, 6.07) is 9.76. The molecule has 0 spiro atoms. The van der Waals surface area contributed by atoms with Crippen LogP contribution in [0, 0.1) is 18.3 Å². The Kier molecular flexibility index (Phi) is 1.71. The van der Waals surface area contributed by atoms with Crippen molar-refractivity contribution in [2.75, 3.05) is 0 Å². The van der Waals surface area contributed by atoms with Crippen molar-refractivity contribution in [2.24, 2.45) is 0 Å². The lowest BCUT2D eigenvalue weighted by Gasteiger charge is -1.99. The van der Waals surface area contributed by atoms with E-state index in [0.717, 1.165) is 16.5 Å². The van der Waals surface area contributed by atoms with E-state index in [9.17, 15) is 0 Å². The quantitative estimate of drug-likeness (QED) is 0.605. The molecule has 0 unspecified atom stereocenters. The summed E-state index contributed by atoms with van der Waals surface area (Å²) in [4.78, 5) is 4.17. The Morgan fingerprint density at radius 1 is 1.38 bits per heavy atom. The summed E-state index contributed by atoms with van der Waals surface area (Å²) in [7, 11) is 0. The van der Waals surface area contributed by atoms with Gasteiger partial charge in [0.05, 0.1) is 11.6 Å². The molecule has 2 heteroatoms. The Labute approximate surface area is 76.5 Å². The number of benzene rings is 1. The predicted octanol–water partition coefficient (Wildman–Crippen LogP) is 2.41. The minimum Gasteiger partial charge on any atom is -0.261 e. The number of pyridine rings is 1. The Morgan fingerprint density at radius 3 is 3.00 bits per heavy atom. The minimum atomic E-state index is 0.711. The highest BCUT2D eigenvalue weighted by molar-refractivity contribution is 5.87. The molecule has 2 rings (SSSR count). The highest BCUT2D eigenvalue weighted by Gasteiger charge is 1.99. The summed E-state index contributed by atoms with van der Waals surface area (Å²) in [5.41, 5.74) is 1.65. The molecular weight excluding hydrogens is 160 g/mol. The molecule has 1 aromatic heterocycles. The number of nitriles is 1. The molecule has 62 valence electrons. The van der Waals surface area contributed by atoms with Crippen LogP contribution in [0.3, 0.4) is 0 Å². The number of fused-ring (bicyclic) bond motifs is 1. The zero-order chi connectivity index (χ0) is 9.26. The summed E-state index contributed by atoms with van der Waals surface area (Å²) >= 11 is 0. The van der Waals surface area contributed by atoms with E-state index in [1.807, 2.05) is 31.2 Å². The first-order valence-corrected chi connectivity index (χ1v) is 4.07. The highest BCUT2D eigenvalue weighted by Crippen LogP contribution is 2.17. The number of hydrogen-bond acceptors (Lipinski definition) is 2. The molecule has 0 aliphatic heterocycles. The van der Waals surface area contributed by atoms with Gasteiger partial charge in [0.1, 0.15) is 0 Å². The second-order valence-electron chi connectivity index (χ2n) is 2.96. The molecule has 0 atom stereocenters. The summed E-state index contributed by atoms with van der Waals surface area (Å²) in [5.74, 6) is 0. The van der Waals surface area contributed by atoms with Gasteiger partial charge in [0.2, 0.25) is 0 Å². The Balaban J connectivity index is 2.89. The second kappa shape index (κ2) is 2.87. The summed E-state index contributed by atoms with van der Waals surface area (Å²) < 4.78 is 0. The monoisotopic (exact) mass is 168 g/mol. The summed E-state index contributed by atoms with van der Waals surface area (Å²) in [6.07, 6.45) is 1.80. The molecule has 0 amide bonds. The van der Waals surface area contributed by atoms with Gasteiger partial charge in [-0.05, 0) is 19.1 Å². The molecule has 0 aliphatic carbocycles. The molecule has 0 fully saturated rings. The number of aromatic nitrogens is 1. The maximum absolute atomic E-state index is 8.86. The highest BCUT2D eigenvalue weighted by atomic mass is 14.6. The first kappa shape index (κ1) is 7.75. The van der Waals surface area contributed by atoms with Gasteiger partial charge in [0.15, 0.2) is 0 Å². The van der Waals surface area contributed by atoms with Crippen molar-refractivity contribution < 1.29 is 0 Å². The summed E-state index contributed by atoms with van der Waals surface area (Å²) in [6.45, 7) is 1.92. The first-order chi connectivity index (χ1) is 6.31. The van der Waals surface area contributed by atoms with Crippen LogP contribution in [0.1, 0.15) is 11.3 Å². The average Bonchev–Trinajstić information content (AvgIpc) is 2.17. The molecule has 0 bridgehead atoms. The molecule has 0 saturated carbocycles. The molecule has 2 aromatic rings. The van der Waals surface area contributed by atoms with Gasteiger partial charge in [-0.25, -0.2) is 0 Å². The van der Waals surface area contributed by atoms with Gasteiger partial charge in [-0.2, -0.15) is 5.26 Å². The van der Waals surface area contributed by atoms with E-state index in [0.29, 0.717) is 5.56 Å². The van der Waals surface area contributed by atoms with Crippen molar-refractivity contribution in [3.05, 3.63) is 41.7 Å². The largest absolute Gasteiger partial charge is 0.261 e. The molecular formula is C11H8N2. The molecule has 0 N–H and O–H groups in total. The Bertz CT molecular complexity index is 495. The van der Waals surface area contributed by atoms with Gasteiger partial charge in [-0.3, -0.25) is 4.98 Å². The first-order valence-electron chi connectivity index (χ1n) is 4.07. The maximum atomic E-state index is 8.86. The fourth-order valence-corrected chi connectivity index (χ4v) is 1.37. The van der Waals surface area contributed by atoms with Crippen molar-refractivity contribution in [3.63, 3.8) is 0 Å². The van der Waals surface area contributed by atoms with Gasteiger partial charge in [-0.1, -0.05) is 12.1 Å². The molecule has 0 radical (unpaired) electrons. The molecule has 1 aromatic carbocycles. The van der Waals surface area contributed by atoms with Crippen LogP contribution < -0.4 is 0 Å². The normalized spacial score (nSPS) is 9.85. The van der Waals surface area contributed by atoms with Gasteiger partial charge in [0.25, 0.3) is 0 Å². The molecule has 13 heavy (non-hydrogen) atoms. The van der Waals surface area contributed by atoms with E-state index in [-0.39, 0.29) is 0 Å². The minimum absolute atomic E-state index is 0.711. The van der Waals surface area contributed by atoms with E-state index < -0.39 is 0 Å². The zero-order valence-corrected chi connectivity index (χ0v) is 7.28. The van der Waals surface area contributed by atoms with Crippen molar-refractivity contribution in [1.29, 1.82) is 5.26 Å². The zero-order valence-electron chi connectivity index (χ0n) is 7.28. The summed E-state index contributed by atoms with van der Waals surface area (Å²) in [5, 5.41) is 10.9. The third kappa shape index (κ3) is 1.25. The van der Waals surface area contributed by atoms with E-state index in [4.69, 9.17) is 5.26 Å². The lowest BCUT2D eigenvalue weighted by atomic mass is 10.1. The standard InChI is InChI=1S/C11H8N2/c1-8-5-11-9(6-12)3-2-4-10(11)7-13-8/h2-5,7H,1H3. The topological polar surface area (TPSA) is 36.7 Å². The molecule has 0 aliphatic rings. The van der Waals surface area contributed by atoms with E-state index in [2.05, 4.69) is 11.1 Å². The second-order valence-corrected chi connectivity index (χ2v) is 2.96. The molecule has 2 nitrogen and oxygen atoms in total. The van der Waals surface area contributed by atoms with Crippen molar-refractivity contribution in [1.82, 2.24) is 4.98 Å². The van der Waals surface area contributed by atoms with E-state index in [1.165, 1.54) is 0 Å². The van der Waals surface area contributed by atoms with E-state index in [1.54, 1.807) is 6.20 Å². The SMILES string of the molecule is Cc1cc2c(C#N)cccc2cn1. The molecule has 0 saturated heterocycles. The fourth-order valence-electron chi connectivity index (χ4n) is 1.37. The molecule has 1 heterocycles. The van der Waals surface area contributed by atoms with Gasteiger partial charge < -0.3 is 0 Å². The van der Waals surface area contributed by atoms with Crippen molar-refractivity contribution in [2.45, 2.75) is 6.92 Å². The van der Waals surface area contributed by atoms with Crippen LogP contribution in [0.4, 0.5) is 0 Å². The van der Waals surface area contributed by atoms with Crippen molar-refractivity contribution in [3.8, 4) is 6.07 Å². The van der Waals surface area contributed by atoms with Gasteiger partial charge in [-0.15, -0.1) is 0 Å². The number of nitrogens with zero attached hydrogens (tertiary/aromatic N) is 2. The lowest BCUT2D eigenvalue weighted by Crippen LogP contribution is -1.84. The van der Waals surface area contributed by atoms with Crippen LogP contribution in [0.5, 0.6) is 0 Å². The number of hydrogen-bond donors (Lipinski definition) is 0. The van der Waals surface area contributed by atoms with Gasteiger partial charge >= 0.3 is 0 Å². The Morgan fingerprint density at radius 2 is 2.23 bits per heavy atom. The van der Waals surface area contributed by atoms with Crippen LogP contribution in [0.2, 0.25) is 0 Å². The van der Waals surface area contributed by atoms with Crippen molar-refractivity contribution >= 4 is 10.8 Å². The Hall–Kier alpha value is -1.88. The predicted molar refractivity (Wildman–Crippen MR) is 51.2 cm³/mol. The number of rotatable bonds is 0. The maximum Gasteiger partial charge on any atom is 0.0998 e. The van der Waals surface area contributed by atoms with Crippen LogP contribution in [0.15, 0.2) is 30.5 Å².